The molecular weight excluding hydrogens is 418 g/mol. The Labute approximate surface area is 163 Å². The van der Waals surface area contributed by atoms with Crippen molar-refractivity contribution in [3.05, 3.63) is 51.0 Å². The van der Waals surface area contributed by atoms with Crippen LogP contribution in [0.3, 0.4) is 0 Å². The van der Waals surface area contributed by atoms with Crippen molar-refractivity contribution < 1.29 is 14.1 Å². The maximum Gasteiger partial charge on any atom is 0.226 e. The molecule has 1 N–H and O–H groups in total. The lowest BCUT2D eigenvalue weighted by molar-refractivity contribution is -0.121. The molecule has 0 aliphatic heterocycles. The first-order valence-corrected chi connectivity index (χ1v) is 9.78. The second-order valence-electron chi connectivity index (χ2n) is 5.60. The third-order valence-electron chi connectivity index (χ3n) is 3.69. The van der Waals surface area contributed by atoms with E-state index in [-0.39, 0.29) is 5.91 Å². The SMILES string of the molecule is COc1ccc(-c2noc(CCCC(=O)NCc3cc(Br)cs3)n2)cc1. The number of nitrogens with one attached hydrogen (secondary N) is 1. The van der Waals surface area contributed by atoms with Crippen molar-refractivity contribution in [2.24, 2.45) is 0 Å². The Morgan fingerprint density at radius 1 is 1.35 bits per heavy atom. The van der Waals surface area contributed by atoms with Crippen LogP contribution in [0.5, 0.6) is 5.75 Å². The minimum absolute atomic E-state index is 0.0180. The van der Waals surface area contributed by atoms with Gasteiger partial charge in [-0.3, -0.25) is 4.79 Å². The fourth-order valence-corrected chi connectivity index (χ4v) is 3.73. The molecule has 2 heterocycles. The van der Waals surface area contributed by atoms with Crippen molar-refractivity contribution in [3.8, 4) is 17.1 Å². The summed E-state index contributed by atoms with van der Waals surface area (Å²) in [6, 6.07) is 9.46. The van der Waals surface area contributed by atoms with Crippen molar-refractivity contribution in [1.82, 2.24) is 15.5 Å². The first kappa shape index (κ1) is 18.6. The standard InChI is InChI=1S/C18H18BrN3O3S/c1-24-14-7-5-12(6-8-14)18-21-17(25-22-18)4-2-3-16(23)20-10-15-9-13(19)11-26-15/h5-9,11H,2-4,10H2,1H3,(H,20,23). The van der Waals surface area contributed by atoms with E-state index in [4.69, 9.17) is 9.26 Å². The number of rotatable bonds is 8. The van der Waals surface area contributed by atoms with Crippen molar-refractivity contribution in [2.45, 2.75) is 25.8 Å². The predicted molar refractivity (Wildman–Crippen MR) is 103 cm³/mol. The Morgan fingerprint density at radius 2 is 2.15 bits per heavy atom. The molecule has 0 unspecified atom stereocenters. The summed E-state index contributed by atoms with van der Waals surface area (Å²) in [5, 5.41) is 8.90. The highest BCUT2D eigenvalue weighted by Crippen LogP contribution is 2.21. The van der Waals surface area contributed by atoms with Gasteiger partial charge in [0.2, 0.25) is 17.6 Å². The van der Waals surface area contributed by atoms with E-state index in [2.05, 4.69) is 31.4 Å². The smallest absolute Gasteiger partial charge is 0.226 e. The topological polar surface area (TPSA) is 77.2 Å². The van der Waals surface area contributed by atoms with Gasteiger partial charge in [-0.25, -0.2) is 0 Å². The highest BCUT2D eigenvalue weighted by atomic mass is 79.9. The molecule has 2 aromatic heterocycles. The Hall–Kier alpha value is -2.19. The zero-order valence-corrected chi connectivity index (χ0v) is 16.6. The minimum atomic E-state index is 0.0180. The van der Waals surface area contributed by atoms with Gasteiger partial charge in [0, 0.05) is 33.1 Å². The summed E-state index contributed by atoms with van der Waals surface area (Å²) < 4.78 is 11.4. The van der Waals surface area contributed by atoms with E-state index >= 15 is 0 Å². The van der Waals surface area contributed by atoms with Gasteiger partial charge in [-0.2, -0.15) is 4.98 Å². The fourth-order valence-electron chi connectivity index (χ4n) is 2.33. The van der Waals surface area contributed by atoms with Gasteiger partial charge >= 0.3 is 0 Å². The molecule has 0 fully saturated rings. The zero-order valence-electron chi connectivity index (χ0n) is 14.2. The Morgan fingerprint density at radius 3 is 2.85 bits per heavy atom. The van der Waals surface area contributed by atoms with Crippen LogP contribution in [-0.4, -0.2) is 23.2 Å². The second-order valence-corrected chi connectivity index (χ2v) is 7.51. The van der Waals surface area contributed by atoms with Crippen LogP contribution < -0.4 is 10.1 Å². The van der Waals surface area contributed by atoms with E-state index in [9.17, 15) is 4.79 Å². The van der Waals surface area contributed by atoms with Crippen LogP contribution >= 0.6 is 27.3 Å². The molecule has 0 aliphatic carbocycles. The van der Waals surface area contributed by atoms with Crippen molar-refractivity contribution in [2.75, 3.05) is 7.11 Å². The molecule has 0 saturated heterocycles. The molecule has 1 amide bonds. The number of aromatic nitrogens is 2. The highest BCUT2D eigenvalue weighted by Gasteiger charge is 2.10. The number of ether oxygens (including phenoxy) is 1. The average Bonchev–Trinajstić information content (AvgIpc) is 3.29. The summed E-state index contributed by atoms with van der Waals surface area (Å²) >= 11 is 5.01. The number of nitrogens with zero attached hydrogens (tertiary/aromatic N) is 2. The van der Waals surface area contributed by atoms with Crippen LogP contribution in [0.4, 0.5) is 0 Å². The molecule has 6 nitrogen and oxygen atoms in total. The van der Waals surface area contributed by atoms with Gasteiger partial charge in [0.15, 0.2) is 0 Å². The van der Waals surface area contributed by atoms with E-state index in [1.807, 2.05) is 35.7 Å². The van der Waals surface area contributed by atoms with Gasteiger partial charge in [0.1, 0.15) is 5.75 Å². The monoisotopic (exact) mass is 435 g/mol. The van der Waals surface area contributed by atoms with Gasteiger partial charge in [-0.15, -0.1) is 11.3 Å². The van der Waals surface area contributed by atoms with E-state index in [0.29, 0.717) is 37.5 Å². The third kappa shape index (κ3) is 5.15. The van der Waals surface area contributed by atoms with Crippen LogP contribution in [0.2, 0.25) is 0 Å². The number of halogens is 1. The molecule has 0 spiro atoms. The van der Waals surface area contributed by atoms with Crippen LogP contribution in [0, 0.1) is 0 Å². The van der Waals surface area contributed by atoms with Crippen molar-refractivity contribution in [3.63, 3.8) is 0 Å². The molecule has 0 saturated carbocycles. The number of aryl methyl sites for hydroxylation is 1. The normalized spacial score (nSPS) is 10.7. The predicted octanol–water partition coefficient (Wildman–Crippen LogP) is 4.21. The molecule has 3 aromatic rings. The van der Waals surface area contributed by atoms with Crippen molar-refractivity contribution >= 4 is 33.2 Å². The van der Waals surface area contributed by atoms with Crippen LogP contribution in [0.15, 0.2) is 44.7 Å². The van der Waals surface area contributed by atoms with Crippen LogP contribution in [0.1, 0.15) is 23.6 Å². The number of amides is 1. The quantitative estimate of drug-likeness (QED) is 0.573. The highest BCUT2D eigenvalue weighted by molar-refractivity contribution is 9.10. The van der Waals surface area contributed by atoms with E-state index in [1.165, 1.54) is 0 Å². The molecule has 0 atom stereocenters. The molecule has 0 aliphatic rings. The fraction of sp³-hybridized carbons (Fsp3) is 0.278. The first-order valence-electron chi connectivity index (χ1n) is 8.10. The largest absolute Gasteiger partial charge is 0.497 e. The Bertz CT molecular complexity index is 861. The summed E-state index contributed by atoms with van der Waals surface area (Å²) in [7, 11) is 1.62. The molecule has 3 rings (SSSR count). The number of carbonyl (C=O) groups excluding carboxylic acids is 1. The number of benzene rings is 1. The second kappa shape index (κ2) is 8.95. The molecule has 0 bridgehead atoms. The molecule has 0 radical (unpaired) electrons. The summed E-state index contributed by atoms with van der Waals surface area (Å²) in [5.74, 6) is 1.86. The minimum Gasteiger partial charge on any atom is -0.497 e. The maximum absolute atomic E-state index is 11.9. The lowest BCUT2D eigenvalue weighted by Crippen LogP contribution is -2.21. The van der Waals surface area contributed by atoms with Gasteiger partial charge in [-0.1, -0.05) is 5.16 Å². The van der Waals surface area contributed by atoms with Gasteiger partial charge in [0.05, 0.1) is 13.7 Å². The number of thiophene rings is 1. The van der Waals surface area contributed by atoms with E-state index in [1.54, 1.807) is 18.4 Å². The van der Waals surface area contributed by atoms with Crippen LogP contribution in [-0.2, 0) is 17.8 Å². The summed E-state index contributed by atoms with van der Waals surface area (Å²) in [6.45, 7) is 0.553. The summed E-state index contributed by atoms with van der Waals surface area (Å²) in [5.41, 5.74) is 0.862. The number of carbonyl (C=O) groups is 1. The maximum atomic E-state index is 11.9. The Balaban J connectivity index is 1.43. The van der Waals surface area contributed by atoms with E-state index < -0.39 is 0 Å². The van der Waals surface area contributed by atoms with E-state index in [0.717, 1.165) is 20.7 Å². The number of methoxy groups -OCH3 is 1. The molecule has 8 heteroatoms. The zero-order chi connectivity index (χ0) is 18.4. The lowest BCUT2D eigenvalue weighted by Gasteiger charge is -2.02. The first-order chi connectivity index (χ1) is 12.6. The van der Waals surface area contributed by atoms with Gasteiger partial charge in [-0.05, 0) is 52.7 Å². The Kier molecular flexibility index (Phi) is 6.40. The van der Waals surface area contributed by atoms with Crippen molar-refractivity contribution in [1.29, 1.82) is 0 Å². The van der Waals surface area contributed by atoms with Crippen LogP contribution in [0.25, 0.3) is 11.4 Å². The lowest BCUT2D eigenvalue weighted by atomic mass is 10.2. The molecular formula is C18H18BrN3O3S. The molecule has 136 valence electrons. The summed E-state index contributed by atoms with van der Waals surface area (Å²) in [4.78, 5) is 17.4. The summed E-state index contributed by atoms with van der Waals surface area (Å²) in [6.07, 6.45) is 1.65. The molecule has 1 aromatic carbocycles. The average molecular weight is 436 g/mol. The number of hydrogen-bond acceptors (Lipinski definition) is 6. The number of hydrogen-bond donors (Lipinski definition) is 1. The van der Waals surface area contributed by atoms with Gasteiger partial charge < -0.3 is 14.6 Å². The molecule has 26 heavy (non-hydrogen) atoms. The van der Waals surface area contributed by atoms with Gasteiger partial charge in [0.25, 0.3) is 0 Å². The third-order valence-corrected chi connectivity index (χ3v) is 5.39.